The summed E-state index contributed by atoms with van der Waals surface area (Å²) in [6.45, 7) is 2.79. The molecule has 0 aromatic heterocycles. The summed E-state index contributed by atoms with van der Waals surface area (Å²) in [5.41, 5.74) is 0.954. The van der Waals surface area contributed by atoms with Gasteiger partial charge in [-0.1, -0.05) is 30.3 Å². The molecule has 2 aliphatic rings. The lowest BCUT2D eigenvalue weighted by atomic mass is 10.0. The number of fused-ring (bicyclic) bond motifs is 1. The van der Waals surface area contributed by atoms with Gasteiger partial charge in [0.05, 0.1) is 6.61 Å². The fourth-order valence-electron chi connectivity index (χ4n) is 2.90. The molecule has 92 valence electrons. The molecule has 3 nitrogen and oxygen atoms in total. The van der Waals surface area contributed by atoms with E-state index in [4.69, 9.17) is 4.74 Å². The van der Waals surface area contributed by atoms with Gasteiger partial charge >= 0.3 is 0 Å². The van der Waals surface area contributed by atoms with Gasteiger partial charge in [0.1, 0.15) is 12.2 Å². The van der Waals surface area contributed by atoms with Crippen LogP contribution in [-0.2, 0) is 4.74 Å². The normalized spacial score (nSPS) is 31.1. The minimum atomic E-state index is -0.502. The molecule has 2 saturated heterocycles. The number of hydrogen-bond donors (Lipinski definition) is 1. The Kier molecular flexibility index (Phi) is 3.14. The monoisotopic (exact) mass is 233 g/mol. The van der Waals surface area contributed by atoms with Gasteiger partial charge in [-0.15, -0.1) is 0 Å². The van der Waals surface area contributed by atoms with Crippen molar-refractivity contribution in [2.45, 2.75) is 31.1 Å². The first kappa shape index (κ1) is 11.2. The standard InChI is InChI=1S/C14H19NO2/c16-14(11-5-2-1-3-6-11)13-9-15-8-4-7-12(15)10-17-13/h1-3,5-6,12-14,16H,4,7-10H2. The topological polar surface area (TPSA) is 32.7 Å². The highest BCUT2D eigenvalue weighted by Crippen LogP contribution is 2.28. The van der Waals surface area contributed by atoms with Crippen LogP contribution in [0.5, 0.6) is 0 Å². The van der Waals surface area contributed by atoms with Crippen molar-refractivity contribution < 1.29 is 9.84 Å². The van der Waals surface area contributed by atoms with Crippen molar-refractivity contribution in [3.05, 3.63) is 35.9 Å². The van der Waals surface area contributed by atoms with E-state index in [0.29, 0.717) is 6.04 Å². The molecule has 0 spiro atoms. The van der Waals surface area contributed by atoms with Gasteiger partial charge < -0.3 is 9.84 Å². The molecule has 1 aromatic rings. The number of hydrogen-bond acceptors (Lipinski definition) is 3. The molecule has 0 radical (unpaired) electrons. The number of nitrogens with zero attached hydrogens (tertiary/aromatic N) is 1. The van der Waals surface area contributed by atoms with Crippen molar-refractivity contribution >= 4 is 0 Å². The quantitative estimate of drug-likeness (QED) is 0.842. The maximum Gasteiger partial charge on any atom is 0.106 e. The van der Waals surface area contributed by atoms with E-state index in [0.717, 1.165) is 25.3 Å². The Labute approximate surface area is 102 Å². The van der Waals surface area contributed by atoms with Crippen LogP contribution in [0.2, 0.25) is 0 Å². The highest BCUT2D eigenvalue weighted by Gasteiger charge is 2.35. The van der Waals surface area contributed by atoms with E-state index >= 15 is 0 Å². The third-order valence-corrected chi connectivity index (χ3v) is 3.91. The number of benzene rings is 1. The number of morpholine rings is 1. The van der Waals surface area contributed by atoms with Crippen molar-refractivity contribution in [1.29, 1.82) is 0 Å². The summed E-state index contributed by atoms with van der Waals surface area (Å²) in [5, 5.41) is 10.3. The molecule has 2 fully saturated rings. The average Bonchev–Trinajstić information content (AvgIpc) is 2.86. The van der Waals surface area contributed by atoms with Gasteiger partial charge in [-0.05, 0) is 24.9 Å². The van der Waals surface area contributed by atoms with E-state index in [1.165, 1.54) is 12.8 Å². The summed E-state index contributed by atoms with van der Waals surface area (Å²) in [4.78, 5) is 2.46. The number of rotatable bonds is 2. The van der Waals surface area contributed by atoms with Gasteiger partial charge in [0.25, 0.3) is 0 Å². The van der Waals surface area contributed by atoms with Crippen LogP contribution in [0.1, 0.15) is 24.5 Å². The Bertz CT molecular complexity index is 368. The molecule has 1 N–H and O–H groups in total. The Hall–Kier alpha value is -0.900. The van der Waals surface area contributed by atoms with Crippen LogP contribution in [0.4, 0.5) is 0 Å². The van der Waals surface area contributed by atoms with E-state index in [1.54, 1.807) is 0 Å². The zero-order chi connectivity index (χ0) is 11.7. The van der Waals surface area contributed by atoms with E-state index in [2.05, 4.69) is 4.90 Å². The molecular weight excluding hydrogens is 214 g/mol. The first-order valence-corrected chi connectivity index (χ1v) is 6.43. The van der Waals surface area contributed by atoms with E-state index in [9.17, 15) is 5.11 Å². The third kappa shape index (κ3) is 2.23. The van der Waals surface area contributed by atoms with Crippen LogP contribution in [0.3, 0.4) is 0 Å². The first-order chi connectivity index (χ1) is 8.34. The highest BCUT2D eigenvalue weighted by molar-refractivity contribution is 5.18. The SMILES string of the molecule is OC(c1ccccc1)C1CN2CCCC2CO1. The second-order valence-electron chi connectivity index (χ2n) is 5.02. The fourth-order valence-corrected chi connectivity index (χ4v) is 2.90. The number of ether oxygens (including phenoxy) is 1. The molecule has 2 aliphatic heterocycles. The second kappa shape index (κ2) is 4.77. The molecule has 3 unspecified atom stereocenters. The van der Waals surface area contributed by atoms with Gasteiger partial charge in [-0.25, -0.2) is 0 Å². The second-order valence-corrected chi connectivity index (χ2v) is 5.02. The third-order valence-electron chi connectivity index (χ3n) is 3.91. The molecule has 0 saturated carbocycles. The van der Waals surface area contributed by atoms with Gasteiger partial charge in [0.2, 0.25) is 0 Å². The van der Waals surface area contributed by atoms with Crippen LogP contribution in [0.25, 0.3) is 0 Å². The molecule has 3 atom stereocenters. The zero-order valence-corrected chi connectivity index (χ0v) is 9.96. The summed E-state index contributed by atoms with van der Waals surface area (Å²) in [6.07, 6.45) is 1.93. The zero-order valence-electron chi connectivity index (χ0n) is 9.96. The predicted octanol–water partition coefficient (Wildman–Crippen LogP) is 1.58. The lowest BCUT2D eigenvalue weighted by molar-refractivity contribution is -0.103. The summed E-state index contributed by atoms with van der Waals surface area (Å²) in [5.74, 6) is 0. The summed E-state index contributed by atoms with van der Waals surface area (Å²) >= 11 is 0. The van der Waals surface area contributed by atoms with Gasteiger partial charge in [0, 0.05) is 12.6 Å². The molecule has 3 rings (SSSR count). The van der Waals surface area contributed by atoms with E-state index < -0.39 is 6.10 Å². The van der Waals surface area contributed by atoms with E-state index in [1.807, 2.05) is 30.3 Å². The van der Waals surface area contributed by atoms with Gasteiger partial charge in [-0.3, -0.25) is 4.90 Å². The molecular formula is C14H19NO2. The molecule has 2 heterocycles. The van der Waals surface area contributed by atoms with Crippen molar-refractivity contribution in [2.75, 3.05) is 19.7 Å². The number of aliphatic hydroxyl groups is 1. The molecule has 3 heteroatoms. The van der Waals surface area contributed by atoms with Crippen molar-refractivity contribution in [2.24, 2.45) is 0 Å². The number of aliphatic hydroxyl groups excluding tert-OH is 1. The van der Waals surface area contributed by atoms with Gasteiger partial charge in [0.15, 0.2) is 0 Å². The van der Waals surface area contributed by atoms with Crippen LogP contribution in [0, 0.1) is 0 Å². The Balaban J connectivity index is 1.69. The first-order valence-electron chi connectivity index (χ1n) is 6.43. The summed E-state index contributed by atoms with van der Waals surface area (Å²) in [7, 11) is 0. The lowest BCUT2D eigenvalue weighted by Gasteiger charge is -2.37. The molecule has 0 bridgehead atoms. The van der Waals surface area contributed by atoms with Gasteiger partial charge in [-0.2, -0.15) is 0 Å². The molecule has 0 aliphatic carbocycles. The minimum Gasteiger partial charge on any atom is -0.386 e. The molecule has 17 heavy (non-hydrogen) atoms. The highest BCUT2D eigenvalue weighted by atomic mass is 16.5. The van der Waals surface area contributed by atoms with Crippen LogP contribution in [-0.4, -0.2) is 41.8 Å². The van der Waals surface area contributed by atoms with Crippen LogP contribution >= 0.6 is 0 Å². The van der Waals surface area contributed by atoms with Crippen LogP contribution < -0.4 is 0 Å². The summed E-state index contributed by atoms with van der Waals surface area (Å²) in [6, 6.07) is 10.4. The lowest BCUT2D eigenvalue weighted by Crippen LogP contribution is -2.48. The molecule has 0 amide bonds. The Morgan fingerprint density at radius 1 is 1.29 bits per heavy atom. The fraction of sp³-hybridized carbons (Fsp3) is 0.571. The van der Waals surface area contributed by atoms with Crippen LogP contribution in [0.15, 0.2) is 30.3 Å². The molecule has 1 aromatic carbocycles. The van der Waals surface area contributed by atoms with Crippen molar-refractivity contribution in [1.82, 2.24) is 4.90 Å². The maximum absolute atomic E-state index is 10.3. The van der Waals surface area contributed by atoms with Crippen molar-refractivity contribution in [3.63, 3.8) is 0 Å². The Morgan fingerprint density at radius 3 is 2.94 bits per heavy atom. The smallest absolute Gasteiger partial charge is 0.106 e. The summed E-state index contributed by atoms with van der Waals surface area (Å²) < 4.78 is 5.82. The van der Waals surface area contributed by atoms with Crippen molar-refractivity contribution in [3.8, 4) is 0 Å². The van der Waals surface area contributed by atoms with E-state index in [-0.39, 0.29) is 6.10 Å². The predicted molar refractivity (Wildman–Crippen MR) is 65.7 cm³/mol. The average molecular weight is 233 g/mol. The minimum absolute atomic E-state index is 0.0771. The largest absolute Gasteiger partial charge is 0.386 e. The maximum atomic E-state index is 10.3. The Morgan fingerprint density at radius 2 is 2.12 bits per heavy atom.